The SMILES string of the molecule is CCCCC(CC)CNC(=O)Nc1cccc(NC(=O)CC)c1. The zero-order valence-corrected chi connectivity index (χ0v) is 14.4. The van der Waals surface area contributed by atoms with Gasteiger partial charge in [0.2, 0.25) is 5.91 Å². The maximum atomic E-state index is 12.0. The van der Waals surface area contributed by atoms with Crippen LogP contribution < -0.4 is 16.0 Å². The third-order valence-corrected chi connectivity index (χ3v) is 3.82. The number of nitrogens with one attached hydrogen (secondary N) is 3. The standard InChI is InChI=1S/C18H29N3O2/c1-4-7-9-14(5-2)13-19-18(23)21-16-11-8-10-15(12-16)20-17(22)6-3/h8,10-12,14H,4-7,9,13H2,1-3H3,(H,20,22)(H2,19,21,23). The second-order valence-electron chi connectivity index (χ2n) is 5.73. The van der Waals surface area contributed by atoms with Gasteiger partial charge in [0, 0.05) is 24.3 Å². The molecule has 3 amide bonds. The Bertz CT molecular complexity index is 503. The molecule has 1 rings (SSSR count). The van der Waals surface area contributed by atoms with Crippen LogP contribution >= 0.6 is 0 Å². The fourth-order valence-electron chi connectivity index (χ4n) is 2.28. The molecule has 1 unspecified atom stereocenters. The summed E-state index contributed by atoms with van der Waals surface area (Å²) in [5.74, 6) is 0.476. The Kier molecular flexibility index (Phi) is 8.80. The maximum absolute atomic E-state index is 12.0. The Morgan fingerprint density at radius 3 is 2.39 bits per heavy atom. The summed E-state index contributed by atoms with van der Waals surface area (Å²) in [5, 5.41) is 8.51. The molecule has 0 radical (unpaired) electrons. The van der Waals surface area contributed by atoms with Crippen molar-refractivity contribution in [1.29, 1.82) is 0 Å². The molecule has 0 saturated heterocycles. The predicted molar refractivity (Wildman–Crippen MR) is 95.7 cm³/mol. The lowest BCUT2D eigenvalue weighted by molar-refractivity contribution is -0.115. The van der Waals surface area contributed by atoms with Crippen molar-refractivity contribution in [3.8, 4) is 0 Å². The van der Waals surface area contributed by atoms with Crippen molar-refractivity contribution in [3.63, 3.8) is 0 Å². The fraction of sp³-hybridized carbons (Fsp3) is 0.556. The first kappa shape index (κ1) is 19.0. The van der Waals surface area contributed by atoms with Crippen molar-refractivity contribution < 1.29 is 9.59 Å². The monoisotopic (exact) mass is 319 g/mol. The largest absolute Gasteiger partial charge is 0.338 e. The number of unbranched alkanes of at least 4 members (excludes halogenated alkanes) is 1. The van der Waals surface area contributed by atoms with Crippen molar-refractivity contribution in [2.24, 2.45) is 5.92 Å². The molecule has 0 heterocycles. The molecule has 0 saturated carbocycles. The molecule has 0 fully saturated rings. The Hall–Kier alpha value is -2.04. The summed E-state index contributed by atoms with van der Waals surface area (Å²) in [6.45, 7) is 6.82. The van der Waals surface area contributed by atoms with Crippen LogP contribution in [-0.2, 0) is 4.79 Å². The Labute approximate surface area is 139 Å². The lowest BCUT2D eigenvalue weighted by Gasteiger charge is -2.16. The van der Waals surface area contributed by atoms with Gasteiger partial charge in [-0.25, -0.2) is 4.79 Å². The molecule has 0 spiro atoms. The number of benzene rings is 1. The van der Waals surface area contributed by atoms with E-state index in [4.69, 9.17) is 0 Å². The minimum atomic E-state index is -0.209. The van der Waals surface area contributed by atoms with Gasteiger partial charge in [-0.15, -0.1) is 0 Å². The van der Waals surface area contributed by atoms with E-state index in [9.17, 15) is 9.59 Å². The smallest absolute Gasteiger partial charge is 0.319 e. The molecule has 0 aliphatic carbocycles. The highest BCUT2D eigenvalue weighted by Crippen LogP contribution is 2.15. The first-order chi connectivity index (χ1) is 11.1. The minimum absolute atomic E-state index is 0.0479. The van der Waals surface area contributed by atoms with E-state index in [2.05, 4.69) is 29.8 Å². The van der Waals surface area contributed by atoms with Crippen molar-refractivity contribution in [3.05, 3.63) is 24.3 Å². The maximum Gasteiger partial charge on any atom is 0.319 e. The third-order valence-electron chi connectivity index (χ3n) is 3.82. The van der Waals surface area contributed by atoms with Gasteiger partial charge in [-0.3, -0.25) is 4.79 Å². The fourth-order valence-corrected chi connectivity index (χ4v) is 2.28. The summed E-state index contributed by atoms with van der Waals surface area (Å²) in [7, 11) is 0. The third kappa shape index (κ3) is 7.68. The zero-order valence-electron chi connectivity index (χ0n) is 14.4. The van der Waals surface area contributed by atoms with Crippen LogP contribution in [0, 0.1) is 5.92 Å². The molecule has 0 aliphatic rings. The van der Waals surface area contributed by atoms with Crippen LogP contribution in [0.3, 0.4) is 0 Å². The highest BCUT2D eigenvalue weighted by Gasteiger charge is 2.08. The van der Waals surface area contributed by atoms with E-state index >= 15 is 0 Å². The first-order valence-electron chi connectivity index (χ1n) is 8.53. The Morgan fingerprint density at radius 1 is 1.09 bits per heavy atom. The van der Waals surface area contributed by atoms with Crippen LogP contribution in [-0.4, -0.2) is 18.5 Å². The number of amides is 3. The molecule has 23 heavy (non-hydrogen) atoms. The van der Waals surface area contributed by atoms with Gasteiger partial charge in [0.1, 0.15) is 0 Å². The average Bonchev–Trinajstić information content (AvgIpc) is 2.55. The number of anilines is 2. The van der Waals surface area contributed by atoms with Crippen LogP contribution in [0.2, 0.25) is 0 Å². The van der Waals surface area contributed by atoms with Crippen LogP contribution in [0.4, 0.5) is 16.2 Å². The molecule has 3 N–H and O–H groups in total. The molecule has 128 valence electrons. The normalized spacial score (nSPS) is 11.6. The highest BCUT2D eigenvalue weighted by molar-refractivity contribution is 5.93. The number of hydrogen-bond donors (Lipinski definition) is 3. The van der Waals surface area contributed by atoms with Gasteiger partial charge in [-0.1, -0.05) is 46.1 Å². The van der Waals surface area contributed by atoms with E-state index in [1.807, 2.05) is 0 Å². The number of urea groups is 1. The van der Waals surface area contributed by atoms with Gasteiger partial charge in [-0.2, -0.15) is 0 Å². The number of hydrogen-bond acceptors (Lipinski definition) is 2. The van der Waals surface area contributed by atoms with Gasteiger partial charge >= 0.3 is 6.03 Å². The summed E-state index contributed by atoms with van der Waals surface area (Å²) < 4.78 is 0. The summed E-state index contributed by atoms with van der Waals surface area (Å²) in [5.41, 5.74) is 1.35. The Morgan fingerprint density at radius 2 is 1.78 bits per heavy atom. The van der Waals surface area contributed by atoms with Crippen LogP contribution in [0.25, 0.3) is 0 Å². The quantitative estimate of drug-likeness (QED) is 0.632. The topological polar surface area (TPSA) is 70.2 Å². The van der Waals surface area contributed by atoms with Crippen molar-refractivity contribution >= 4 is 23.3 Å². The minimum Gasteiger partial charge on any atom is -0.338 e. The molecule has 1 aromatic rings. The van der Waals surface area contributed by atoms with Gasteiger partial charge in [-0.05, 0) is 30.5 Å². The molecular formula is C18H29N3O2. The summed E-state index contributed by atoms with van der Waals surface area (Å²) >= 11 is 0. The number of carbonyl (C=O) groups excluding carboxylic acids is 2. The molecule has 1 aromatic carbocycles. The first-order valence-corrected chi connectivity index (χ1v) is 8.53. The molecule has 1 atom stereocenters. The molecule has 0 aromatic heterocycles. The second-order valence-corrected chi connectivity index (χ2v) is 5.73. The van der Waals surface area contributed by atoms with E-state index in [0.29, 0.717) is 30.3 Å². The van der Waals surface area contributed by atoms with Gasteiger partial charge in [0.05, 0.1) is 0 Å². The molecule has 0 bridgehead atoms. The highest BCUT2D eigenvalue weighted by atomic mass is 16.2. The molecule has 0 aliphatic heterocycles. The number of rotatable bonds is 9. The van der Waals surface area contributed by atoms with Crippen molar-refractivity contribution in [2.45, 2.75) is 52.9 Å². The summed E-state index contributed by atoms with van der Waals surface area (Å²) in [4.78, 5) is 23.4. The van der Waals surface area contributed by atoms with Crippen molar-refractivity contribution in [1.82, 2.24) is 5.32 Å². The van der Waals surface area contributed by atoms with E-state index in [0.717, 1.165) is 12.8 Å². The average molecular weight is 319 g/mol. The van der Waals surface area contributed by atoms with Gasteiger partial charge < -0.3 is 16.0 Å². The molecule has 5 heteroatoms. The van der Waals surface area contributed by atoms with E-state index in [1.165, 1.54) is 12.8 Å². The predicted octanol–water partition coefficient (Wildman–Crippen LogP) is 4.37. The van der Waals surface area contributed by atoms with Gasteiger partial charge in [0.15, 0.2) is 0 Å². The summed E-state index contributed by atoms with van der Waals surface area (Å²) in [6.07, 6.45) is 5.01. The Balaban J connectivity index is 2.47. The van der Waals surface area contributed by atoms with Crippen LogP contribution in [0.5, 0.6) is 0 Å². The molecular weight excluding hydrogens is 290 g/mol. The van der Waals surface area contributed by atoms with Crippen LogP contribution in [0.1, 0.15) is 52.9 Å². The van der Waals surface area contributed by atoms with Crippen molar-refractivity contribution in [2.75, 3.05) is 17.2 Å². The lowest BCUT2D eigenvalue weighted by Crippen LogP contribution is -2.33. The second kappa shape index (κ2) is 10.6. The zero-order chi connectivity index (χ0) is 17.1. The van der Waals surface area contributed by atoms with Gasteiger partial charge in [0.25, 0.3) is 0 Å². The number of carbonyl (C=O) groups is 2. The lowest BCUT2D eigenvalue weighted by atomic mass is 9.99. The van der Waals surface area contributed by atoms with E-state index < -0.39 is 0 Å². The summed E-state index contributed by atoms with van der Waals surface area (Å²) in [6, 6.07) is 6.95. The van der Waals surface area contributed by atoms with E-state index in [-0.39, 0.29) is 11.9 Å². The van der Waals surface area contributed by atoms with E-state index in [1.54, 1.807) is 31.2 Å². The van der Waals surface area contributed by atoms with Crippen LogP contribution in [0.15, 0.2) is 24.3 Å². The molecule has 5 nitrogen and oxygen atoms in total.